The molecule has 3 aromatic carbocycles. The molecule has 1 heterocycles. The van der Waals surface area contributed by atoms with E-state index in [1.54, 1.807) is 18.2 Å². The summed E-state index contributed by atoms with van der Waals surface area (Å²) in [5.41, 5.74) is 10.7. The Labute approximate surface area is 196 Å². The molecule has 1 aliphatic rings. The van der Waals surface area contributed by atoms with Gasteiger partial charge in [-0.25, -0.2) is 5.01 Å². The van der Waals surface area contributed by atoms with Crippen LogP contribution in [0.2, 0.25) is 0 Å². The second kappa shape index (κ2) is 10.3. The molecule has 1 aliphatic heterocycles. The molecule has 0 fully saturated rings. The number of hydrogen-bond acceptors (Lipinski definition) is 6. The van der Waals surface area contributed by atoms with Gasteiger partial charge in [-0.2, -0.15) is 0 Å². The fraction of sp³-hybridized carbons (Fsp3) is 0.120. The van der Waals surface area contributed by atoms with Gasteiger partial charge in [-0.15, -0.1) is 0 Å². The van der Waals surface area contributed by atoms with Crippen LogP contribution in [0.3, 0.4) is 0 Å². The number of amides is 3. The monoisotopic (exact) mass is 457 g/mol. The van der Waals surface area contributed by atoms with Crippen LogP contribution in [0.5, 0.6) is 5.75 Å². The summed E-state index contributed by atoms with van der Waals surface area (Å²) < 4.78 is 5.67. The summed E-state index contributed by atoms with van der Waals surface area (Å²) in [5.74, 6) is -1.12. The van der Waals surface area contributed by atoms with E-state index in [0.717, 1.165) is 16.7 Å². The van der Waals surface area contributed by atoms with Crippen LogP contribution in [0.25, 0.3) is 11.1 Å². The fourth-order valence-corrected chi connectivity index (χ4v) is 3.26. The molecule has 0 aromatic heterocycles. The highest BCUT2D eigenvalue weighted by Crippen LogP contribution is 2.29. The second-order valence-electron chi connectivity index (χ2n) is 7.49. The van der Waals surface area contributed by atoms with Crippen molar-refractivity contribution < 1.29 is 19.1 Å². The minimum atomic E-state index is -0.692. The maximum atomic E-state index is 12.5. The number of amidine groups is 1. The van der Waals surface area contributed by atoms with Gasteiger partial charge in [0, 0.05) is 5.56 Å². The van der Waals surface area contributed by atoms with Gasteiger partial charge in [-0.1, -0.05) is 66.2 Å². The predicted molar refractivity (Wildman–Crippen MR) is 128 cm³/mol. The number of aliphatic imine (C=N–C) groups is 1. The number of hydrazine groups is 2. The van der Waals surface area contributed by atoms with E-state index in [-0.39, 0.29) is 24.9 Å². The normalized spacial score (nSPS) is 12.9. The van der Waals surface area contributed by atoms with Crippen LogP contribution in [-0.4, -0.2) is 36.7 Å². The number of nitrogens with one attached hydrogen (secondary N) is 3. The van der Waals surface area contributed by atoms with Crippen molar-refractivity contribution in [2.45, 2.75) is 6.92 Å². The van der Waals surface area contributed by atoms with E-state index in [0.29, 0.717) is 11.4 Å². The summed E-state index contributed by atoms with van der Waals surface area (Å²) >= 11 is 0. The van der Waals surface area contributed by atoms with Gasteiger partial charge in [0.25, 0.3) is 11.8 Å². The number of nitrogens with zero attached hydrogens (tertiary/aromatic N) is 2. The number of carbonyl (C=O) groups is 3. The Balaban J connectivity index is 1.31. The molecule has 0 unspecified atom stereocenters. The van der Waals surface area contributed by atoms with Crippen LogP contribution in [0.15, 0.2) is 83.9 Å². The Kier molecular flexibility index (Phi) is 6.83. The molecule has 0 spiro atoms. The van der Waals surface area contributed by atoms with Gasteiger partial charge in [-0.05, 0) is 30.7 Å². The molecule has 3 N–H and O–H groups in total. The molecule has 9 nitrogen and oxygen atoms in total. The molecular formula is C25H23N5O4. The van der Waals surface area contributed by atoms with Crippen molar-refractivity contribution in [2.24, 2.45) is 4.99 Å². The molecule has 9 heteroatoms. The molecule has 0 radical (unpaired) electrons. The number of rotatable bonds is 6. The molecule has 0 saturated heterocycles. The molecule has 34 heavy (non-hydrogen) atoms. The van der Waals surface area contributed by atoms with Crippen LogP contribution >= 0.6 is 0 Å². The number of aryl methyl sites for hydroxylation is 1. The molecular weight excluding hydrogens is 434 g/mol. The maximum Gasteiger partial charge on any atom is 0.306 e. The molecule has 3 amide bonds. The summed E-state index contributed by atoms with van der Waals surface area (Å²) in [5, 5.41) is 1.24. The predicted octanol–water partition coefficient (Wildman–Crippen LogP) is 2.14. The SMILES string of the molecule is Cc1ccc(N2NC(C(=O)NNC(=O)COc3ccccc3-c3ccccc3)=NCC2=O)cc1. The first-order chi connectivity index (χ1) is 16.5. The van der Waals surface area contributed by atoms with E-state index >= 15 is 0 Å². The molecule has 4 rings (SSSR count). The largest absolute Gasteiger partial charge is 0.483 e. The van der Waals surface area contributed by atoms with Crippen molar-refractivity contribution in [3.8, 4) is 16.9 Å². The third-order valence-electron chi connectivity index (χ3n) is 4.99. The summed E-state index contributed by atoms with van der Waals surface area (Å²) in [7, 11) is 0. The molecule has 0 aliphatic carbocycles. The van der Waals surface area contributed by atoms with Gasteiger partial charge in [0.05, 0.1) is 5.69 Å². The van der Waals surface area contributed by atoms with Crippen LogP contribution in [0, 0.1) is 6.92 Å². The topological polar surface area (TPSA) is 112 Å². The van der Waals surface area contributed by atoms with Crippen molar-refractivity contribution >= 4 is 29.2 Å². The van der Waals surface area contributed by atoms with E-state index in [2.05, 4.69) is 21.3 Å². The maximum absolute atomic E-state index is 12.5. The summed E-state index contributed by atoms with van der Waals surface area (Å²) in [4.78, 5) is 40.8. The Bertz CT molecular complexity index is 1230. The number of para-hydroxylation sites is 1. The first-order valence-corrected chi connectivity index (χ1v) is 10.6. The fourth-order valence-electron chi connectivity index (χ4n) is 3.26. The highest BCUT2D eigenvalue weighted by atomic mass is 16.5. The third-order valence-corrected chi connectivity index (χ3v) is 4.99. The van der Waals surface area contributed by atoms with Gasteiger partial charge < -0.3 is 4.74 Å². The first-order valence-electron chi connectivity index (χ1n) is 10.6. The molecule has 172 valence electrons. The lowest BCUT2D eigenvalue weighted by Gasteiger charge is -2.27. The lowest BCUT2D eigenvalue weighted by atomic mass is 10.1. The average molecular weight is 457 g/mol. The van der Waals surface area contributed by atoms with Gasteiger partial charge in [0.1, 0.15) is 12.3 Å². The molecule has 0 atom stereocenters. The van der Waals surface area contributed by atoms with Crippen LogP contribution in [-0.2, 0) is 14.4 Å². The van der Waals surface area contributed by atoms with Gasteiger partial charge in [-0.3, -0.25) is 35.7 Å². The van der Waals surface area contributed by atoms with E-state index in [4.69, 9.17) is 4.74 Å². The quantitative estimate of drug-likeness (QED) is 0.491. The van der Waals surface area contributed by atoms with Crippen LogP contribution < -0.4 is 26.0 Å². The summed E-state index contributed by atoms with van der Waals surface area (Å²) in [6, 6.07) is 24.3. The van der Waals surface area contributed by atoms with Crippen molar-refractivity contribution in [1.29, 1.82) is 0 Å². The zero-order valence-electron chi connectivity index (χ0n) is 18.4. The third kappa shape index (κ3) is 5.39. The van der Waals surface area contributed by atoms with Gasteiger partial charge in [0.15, 0.2) is 6.61 Å². The van der Waals surface area contributed by atoms with E-state index in [9.17, 15) is 14.4 Å². The average Bonchev–Trinajstić information content (AvgIpc) is 2.87. The molecule has 0 bridgehead atoms. The van der Waals surface area contributed by atoms with Crippen molar-refractivity contribution in [1.82, 2.24) is 16.3 Å². The first kappa shape index (κ1) is 22.5. The number of anilines is 1. The van der Waals surface area contributed by atoms with E-state index in [1.165, 1.54) is 5.01 Å². The summed E-state index contributed by atoms with van der Waals surface area (Å²) in [6.45, 7) is 1.43. The smallest absolute Gasteiger partial charge is 0.306 e. The van der Waals surface area contributed by atoms with Crippen molar-refractivity contribution in [3.05, 3.63) is 84.4 Å². The lowest BCUT2D eigenvalue weighted by Crippen LogP contribution is -2.58. The Hall–Kier alpha value is -4.66. The number of benzene rings is 3. The van der Waals surface area contributed by atoms with Gasteiger partial charge >= 0.3 is 5.91 Å². The Morgan fingerprint density at radius 2 is 1.68 bits per heavy atom. The second-order valence-corrected chi connectivity index (χ2v) is 7.49. The lowest BCUT2D eigenvalue weighted by molar-refractivity contribution is -0.127. The minimum Gasteiger partial charge on any atom is -0.483 e. The minimum absolute atomic E-state index is 0.101. The van der Waals surface area contributed by atoms with E-state index < -0.39 is 11.8 Å². The van der Waals surface area contributed by atoms with Crippen LogP contribution in [0.4, 0.5) is 5.69 Å². The van der Waals surface area contributed by atoms with Crippen molar-refractivity contribution in [2.75, 3.05) is 18.2 Å². The zero-order chi connectivity index (χ0) is 23.9. The van der Waals surface area contributed by atoms with Crippen LogP contribution in [0.1, 0.15) is 5.56 Å². The molecule has 3 aromatic rings. The number of hydrogen-bond donors (Lipinski definition) is 3. The summed E-state index contributed by atoms with van der Waals surface area (Å²) in [6.07, 6.45) is 0. The number of carbonyl (C=O) groups excluding carboxylic acids is 3. The van der Waals surface area contributed by atoms with E-state index in [1.807, 2.05) is 67.6 Å². The highest BCUT2D eigenvalue weighted by Gasteiger charge is 2.25. The molecule has 0 saturated carbocycles. The number of ether oxygens (including phenoxy) is 1. The van der Waals surface area contributed by atoms with Crippen molar-refractivity contribution in [3.63, 3.8) is 0 Å². The zero-order valence-corrected chi connectivity index (χ0v) is 18.4. The Morgan fingerprint density at radius 1 is 0.971 bits per heavy atom. The highest BCUT2D eigenvalue weighted by molar-refractivity contribution is 6.39. The Morgan fingerprint density at radius 3 is 2.44 bits per heavy atom. The van der Waals surface area contributed by atoms with Gasteiger partial charge in [0.2, 0.25) is 5.84 Å². The standard InChI is InChI=1S/C25H23N5O4/c1-17-11-13-19(14-12-17)30-23(32)15-26-24(29-30)25(33)28-27-22(31)16-34-21-10-6-5-9-20(21)18-7-3-2-4-8-18/h2-14H,15-16H2,1H3,(H,26,29)(H,27,31)(H,28,33).